The molecule has 0 unspecified atom stereocenters. The number of nitrogens with zero attached hydrogens (tertiary/aromatic N) is 2. The van der Waals surface area contributed by atoms with E-state index in [0.29, 0.717) is 21.3 Å². The van der Waals surface area contributed by atoms with Crippen molar-refractivity contribution in [3.63, 3.8) is 0 Å². The first-order valence-corrected chi connectivity index (χ1v) is 15.3. The van der Waals surface area contributed by atoms with Gasteiger partial charge >= 0.3 is 5.97 Å². The first-order valence-electron chi connectivity index (χ1n) is 14.6. The first kappa shape index (κ1) is 30.5. The van der Waals surface area contributed by atoms with Crippen LogP contribution in [-0.2, 0) is 21.6 Å². The fourth-order valence-corrected chi connectivity index (χ4v) is 8.01. The number of methoxy groups -OCH3 is 1. The molecule has 1 aliphatic carbocycles. The fourth-order valence-electron chi connectivity index (χ4n) is 7.64. The fraction of sp³-hybridized carbons (Fsp3) is 0.375. The number of ether oxygens (including phenoxy) is 1. The van der Waals surface area contributed by atoms with Gasteiger partial charge in [-0.25, -0.2) is 4.79 Å². The van der Waals surface area contributed by atoms with Crippen molar-refractivity contribution in [3.8, 4) is 0 Å². The van der Waals surface area contributed by atoms with Crippen molar-refractivity contribution in [1.82, 2.24) is 10.2 Å². The van der Waals surface area contributed by atoms with Crippen molar-refractivity contribution in [2.24, 2.45) is 0 Å². The summed E-state index contributed by atoms with van der Waals surface area (Å²) in [6.45, 7) is -0.216. The van der Waals surface area contributed by atoms with E-state index in [1.165, 1.54) is 25.3 Å². The molecule has 1 amide bonds. The normalized spacial score (nSPS) is 24.9. The molecule has 2 fully saturated rings. The van der Waals surface area contributed by atoms with E-state index in [1.54, 1.807) is 18.2 Å². The van der Waals surface area contributed by atoms with Gasteiger partial charge in [0.05, 0.1) is 30.2 Å². The van der Waals surface area contributed by atoms with Gasteiger partial charge < -0.3 is 20.5 Å². The van der Waals surface area contributed by atoms with Gasteiger partial charge in [0.1, 0.15) is 5.54 Å². The van der Waals surface area contributed by atoms with Gasteiger partial charge in [0.15, 0.2) is 0 Å². The SMILES string of the molecule is COC(=O)c1ccc(CN[C@@H]2[C@H](CO)N(C3CCCC3)[C@@]3(C(=O)Nc4cc(Cl)ccc43)[C@H]2c2cccc(Cl)c2)c([N+](=O)[O-])c1. The van der Waals surface area contributed by atoms with Gasteiger partial charge in [0, 0.05) is 57.5 Å². The molecule has 2 aliphatic heterocycles. The van der Waals surface area contributed by atoms with Gasteiger partial charge in [0.25, 0.3) is 5.69 Å². The Kier molecular flexibility index (Phi) is 8.38. The Morgan fingerprint density at radius 1 is 1.14 bits per heavy atom. The zero-order valence-corrected chi connectivity index (χ0v) is 25.5. The van der Waals surface area contributed by atoms with Crippen LogP contribution >= 0.6 is 23.2 Å². The number of halogens is 2. The maximum atomic E-state index is 14.5. The second-order valence-electron chi connectivity index (χ2n) is 11.5. The van der Waals surface area contributed by atoms with Crippen molar-refractivity contribution < 1.29 is 24.4 Å². The third-order valence-electron chi connectivity index (χ3n) is 9.32. The van der Waals surface area contributed by atoms with Crippen LogP contribution in [0, 0.1) is 10.1 Å². The van der Waals surface area contributed by atoms with Crippen LogP contribution in [-0.4, -0.2) is 58.6 Å². The lowest BCUT2D eigenvalue weighted by molar-refractivity contribution is -0.385. The van der Waals surface area contributed by atoms with Crippen molar-refractivity contribution in [2.45, 2.75) is 61.8 Å². The van der Waals surface area contributed by atoms with E-state index in [1.807, 2.05) is 24.3 Å². The topological polar surface area (TPSA) is 134 Å². The quantitative estimate of drug-likeness (QED) is 0.170. The van der Waals surface area contributed by atoms with Gasteiger partial charge in [-0.3, -0.25) is 19.8 Å². The van der Waals surface area contributed by atoms with Crippen molar-refractivity contribution in [2.75, 3.05) is 19.0 Å². The smallest absolute Gasteiger partial charge is 0.338 e. The highest BCUT2D eigenvalue weighted by atomic mass is 35.5. The van der Waals surface area contributed by atoms with Crippen LogP contribution in [0.5, 0.6) is 0 Å². The number of carbonyl (C=O) groups excluding carboxylic acids is 2. The lowest BCUT2D eigenvalue weighted by Gasteiger charge is -2.43. The van der Waals surface area contributed by atoms with E-state index in [-0.39, 0.29) is 36.4 Å². The minimum atomic E-state index is -1.22. The molecule has 44 heavy (non-hydrogen) atoms. The number of esters is 1. The Morgan fingerprint density at radius 3 is 2.57 bits per heavy atom. The molecule has 4 atom stereocenters. The van der Waals surface area contributed by atoms with Crippen LogP contribution in [0.2, 0.25) is 10.0 Å². The van der Waals surface area contributed by atoms with E-state index in [4.69, 9.17) is 27.9 Å². The molecule has 230 valence electrons. The average Bonchev–Trinajstić information content (AvgIpc) is 3.71. The number of nitro benzene ring substituents is 1. The number of aliphatic hydroxyl groups excluding tert-OH is 1. The molecule has 1 saturated carbocycles. The molecular weight excluding hydrogens is 607 g/mol. The van der Waals surface area contributed by atoms with Crippen LogP contribution in [0.1, 0.15) is 58.6 Å². The lowest BCUT2D eigenvalue weighted by atomic mass is 9.73. The first-order chi connectivity index (χ1) is 21.2. The van der Waals surface area contributed by atoms with Crippen molar-refractivity contribution >= 4 is 46.5 Å². The minimum absolute atomic E-state index is 0.0155. The van der Waals surface area contributed by atoms with Gasteiger partial charge in [0.2, 0.25) is 5.91 Å². The molecule has 2 heterocycles. The number of hydrogen-bond donors (Lipinski definition) is 3. The van der Waals surface area contributed by atoms with Crippen LogP contribution in [0.4, 0.5) is 11.4 Å². The highest BCUT2D eigenvalue weighted by Crippen LogP contribution is 2.59. The van der Waals surface area contributed by atoms with Gasteiger partial charge in [-0.1, -0.05) is 60.3 Å². The van der Waals surface area contributed by atoms with Crippen LogP contribution < -0.4 is 10.6 Å². The Morgan fingerprint density at radius 2 is 1.89 bits per heavy atom. The molecule has 0 aromatic heterocycles. The summed E-state index contributed by atoms with van der Waals surface area (Å²) >= 11 is 12.9. The number of anilines is 1. The third-order valence-corrected chi connectivity index (χ3v) is 9.79. The van der Waals surface area contributed by atoms with Crippen LogP contribution in [0.3, 0.4) is 0 Å². The summed E-state index contributed by atoms with van der Waals surface area (Å²) in [6.07, 6.45) is 3.74. The Balaban J connectivity index is 1.51. The second-order valence-corrected chi connectivity index (χ2v) is 12.4. The molecule has 0 bridgehead atoms. The summed E-state index contributed by atoms with van der Waals surface area (Å²) in [7, 11) is 1.21. The zero-order valence-electron chi connectivity index (χ0n) is 24.0. The molecular formula is C32H32Cl2N4O6. The summed E-state index contributed by atoms with van der Waals surface area (Å²) < 4.78 is 4.75. The summed E-state index contributed by atoms with van der Waals surface area (Å²) in [4.78, 5) is 40.3. The summed E-state index contributed by atoms with van der Waals surface area (Å²) in [5, 5.41) is 30.7. The van der Waals surface area contributed by atoms with E-state index in [2.05, 4.69) is 15.5 Å². The number of fused-ring (bicyclic) bond motifs is 2. The monoisotopic (exact) mass is 638 g/mol. The number of nitro groups is 1. The standard InChI is InChI=1S/C32H32Cl2N4O6/c1-44-30(40)19-9-10-20(26(14-19)38(42)43)16-35-29-27(17-39)37(23-7-2-3-8-23)32(28(29)18-5-4-6-21(33)13-18)24-12-11-22(34)15-25(24)36-31(32)41/h4-6,9-15,23,27-29,35,39H,2-3,7-8,16-17H2,1H3,(H,36,41)/t27-,28-,29+,32+/m0/s1. The minimum Gasteiger partial charge on any atom is -0.465 e. The van der Waals surface area contributed by atoms with Gasteiger partial charge in [-0.15, -0.1) is 0 Å². The van der Waals surface area contributed by atoms with Crippen molar-refractivity contribution in [3.05, 3.63) is 103 Å². The predicted molar refractivity (Wildman–Crippen MR) is 166 cm³/mol. The summed E-state index contributed by atoms with van der Waals surface area (Å²) in [6, 6.07) is 15.9. The van der Waals surface area contributed by atoms with Crippen LogP contribution in [0.25, 0.3) is 0 Å². The number of likely N-dealkylation sites (tertiary alicyclic amines) is 1. The molecule has 3 N–H and O–H groups in total. The molecule has 3 aromatic carbocycles. The molecule has 12 heteroatoms. The summed E-state index contributed by atoms with van der Waals surface area (Å²) in [5.41, 5.74) is 1.13. The van der Waals surface area contributed by atoms with Gasteiger partial charge in [-0.05, 0) is 48.7 Å². The number of benzene rings is 3. The Hall–Kier alpha value is -3.54. The molecule has 0 radical (unpaired) electrons. The largest absolute Gasteiger partial charge is 0.465 e. The predicted octanol–water partition coefficient (Wildman–Crippen LogP) is 5.40. The average molecular weight is 640 g/mol. The Labute approximate surface area is 264 Å². The van der Waals surface area contributed by atoms with Crippen molar-refractivity contribution in [1.29, 1.82) is 0 Å². The summed E-state index contributed by atoms with van der Waals surface area (Å²) in [5.74, 6) is -1.44. The van der Waals surface area contributed by atoms with Gasteiger partial charge in [-0.2, -0.15) is 0 Å². The molecule has 6 rings (SSSR count). The highest BCUT2D eigenvalue weighted by molar-refractivity contribution is 6.31. The number of nitrogens with one attached hydrogen (secondary N) is 2. The lowest BCUT2D eigenvalue weighted by Crippen LogP contribution is -2.56. The van der Waals surface area contributed by atoms with E-state index >= 15 is 0 Å². The number of aliphatic hydroxyl groups is 1. The molecule has 10 nitrogen and oxygen atoms in total. The number of amides is 1. The van der Waals surface area contributed by atoms with E-state index in [0.717, 1.165) is 36.8 Å². The van der Waals surface area contributed by atoms with E-state index in [9.17, 15) is 24.8 Å². The number of carbonyl (C=O) groups is 2. The number of hydrogen-bond acceptors (Lipinski definition) is 8. The molecule has 3 aliphatic rings. The maximum Gasteiger partial charge on any atom is 0.338 e. The highest BCUT2D eigenvalue weighted by Gasteiger charge is 2.68. The second kappa shape index (κ2) is 12.1. The van der Waals surface area contributed by atoms with Crippen LogP contribution in [0.15, 0.2) is 60.7 Å². The maximum absolute atomic E-state index is 14.5. The molecule has 1 saturated heterocycles. The zero-order chi connectivity index (χ0) is 31.2. The van der Waals surface area contributed by atoms with E-state index < -0.39 is 34.4 Å². The third kappa shape index (κ3) is 4.95. The molecule has 1 spiro atoms. The number of rotatable bonds is 8. The molecule has 3 aromatic rings. The Bertz CT molecular complexity index is 1630.